The maximum atomic E-state index is 14.4. The number of aliphatic hydroxyl groups excluding tert-OH is 2. The van der Waals surface area contributed by atoms with Gasteiger partial charge in [0.15, 0.2) is 11.4 Å². The molecule has 0 saturated heterocycles. The van der Waals surface area contributed by atoms with Gasteiger partial charge in [0.2, 0.25) is 11.7 Å². The van der Waals surface area contributed by atoms with Crippen molar-refractivity contribution in [2.45, 2.75) is 70.1 Å². The fraction of sp³-hybridized carbons (Fsp3) is 0.444. The molecule has 11 heteroatoms. The summed E-state index contributed by atoms with van der Waals surface area (Å²) >= 11 is 0. The monoisotopic (exact) mass is 643 g/mol. The molecule has 4 aliphatic carbocycles. The van der Waals surface area contributed by atoms with Crippen LogP contribution >= 0.6 is 0 Å². The molecule has 2 aromatic rings. The Labute approximate surface area is 272 Å². The van der Waals surface area contributed by atoms with Gasteiger partial charge in [-0.1, -0.05) is 45.0 Å². The topological polar surface area (TPSA) is 190 Å². The lowest BCUT2D eigenvalue weighted by molar-refractivity contribution is -0.148. The van der Waals surface area contributed by atoms with Gasteiger partial charge >= 0.3 is 0 Å². The van der Waals surface area contributed by atoms with Crippen molar-refractivity contribution < 1.29 is 39.6 Å². The number of rotatable bonds is 6. The quantitative estimate of drug-likeness (QED) is 0.257. The zero-order valence-corrected chi connectivity index (χ0v) is 27.2. The van der Waals surface area contributed by atoms with Crippen LogP contribution in [0.15, 0.2) is 53.0 Å². The largest absolute Gasteiger partial charge is 0.510 e. The molecule has 0 radical (unpaired) electrons. The Morgan fingerprint density at radius 3 is 2.26 bits per heavy atom. The number of ketones is 2. The van der Waals surface area contributed by atoms with Crippen molar-refractivity contribution in [3.05, 3.63) is 75.3 Å². The second-order valence-electron chi connectivity index (χ2n) is 14.6. The SMILES string of the molecule is CN(C)C1C(O)=C(C(N)=O)C(=O)[C@]2(O)C(O)=C3C(=O)c4c(O)c(CNC(=O)C5CC5)cc(-c5ccc(C(C)(C)C)cc5)c4C[C@@H]3C[C@@H]12. The van der Waals surface area contributed by atoms with Crippen molar-refractivity contribution in [3.8, 4) is 16.9 Å². The molecule has 6 rings (SSSR count). The third-order valence-corrected chi connectivity index (χ3v) is 10.3. The van der Waals surface area contributed by atoms with Crippen LogP contribution in [0.1, 0.15) is 67.1 Å². The standard InChI is InChI=1S/C36H41N3O8/c1-35(2,3)20-10-8-16(9-11-20)21-13-19(15-38-34(46)17-6-7-17)28(40)25-22(21)12-18-14-23-27(39(4)5)30(42)26(33(37)45)32(44)36(23,47)31(43)24(18)29(25)41/h8-11,13,17-18,23,27,40,42-43,47H,6-7,12,14-15H2,1-5H3,(H2,37,45)(H,38,46)/t18-,23+,27?,36-/m1/s1. The van der Waals surface area contributed by atoms with Crippen LogP contribution in [0.2, 0.25) is 0 Å². The van der Waals surface area contributed by atoms with Crippen molar-refractivity contribution >= 4 is 23.4 Å². The maximum absolute atomic E-state index is 14.4. The number of benzene rings is 2. The summed E-state index contributed by atoms with van der Waals surface area (Å²) in [6, 6.07) is 8.61. The number of phenols is 1. The molecule has 1 fully saturated rings. The number of aliphatic hydroxyl groups is 3. The molecule has 47 heavy (non-hydrogen) atoms. The number of allylic oxidation sites excluding steroid dienone is 1. The highest BCUT2D eigenvalue weighted by Crippen LogP contribution is 2.53. The van der Waals surface area contributed by atoms with E-state index < -0.39 is 58.0 Å². The Balaban J connectivity index is 1.53. The van der Waals surface area contributed by atoms with Gasteiger partial charge in [0, 0.05) is 29.5 Å². The Morgan fingerprint density at radius 2 is 1.70 bits per heavy atom. The lowest BCUT2D eigenvalue weighted by Crippen LogP contribution is -2.63. The van der Waals surface area contributed by atoms with Gasteiger partial charge in [-0.25, -0.2) is 0 Å². The molecule has 2 amide bonds. The number of Topliss-reactive ketones (excluding diaryl/α,β-unsaturated/α-hetero) is 2. The van der Waals surface area contributed by atoms with Gasteiger partial charge in [0.25, 0.3) is 5.91 Å². The second-order valence-corrected chi connectivity index (χ2v) is 14.6. The predicted molar refractivity (Wildman–Crippen MR) is 172 cm³/mol. The normalized spacial score (nSPS) is 25.8. The number of carbonyl (C=O) groups is 4. The van der Waals surface area contributed by atoms with Crippen molar-refractivity contribution in [2.75, 3.05) is 14.1 Å². The van der Waals surface area contributed by atoms with Crippen molar-refractivity contribution in [1.82, 2.24) is 10.2 Å². The summed E-state index contributed by atoms with van der Waals surface area (Å²) in [5, 5.41) is 49.1. The van der Waals surface area contributed by atoms with Gasteiger partial charge in [-0.2, -0.15) is 0 Å². The number of nitrogens with zero attached hydrogens (tertiary/aromatic N) is 1. The number of fused-ring (bicyclic) bond motifs is 3. The lowest BCUT2D eigenvalue weighted by Gasteiger charge is -2.50. The summed E-state index contributed by atoms with van der Waals surface area (Å²) in [4.78, 5) is 54.4. The average Bonchev–Trinajstić information content (AvgIpc) is 3.84. The van der Waals surface area contributed by atoms with Gasteiger partial charge in [-0.05, 0) is 79.4 Å². The van der Waals surface area contributed by atoms with E-state index in [2.05, 4.69) is 26.1 Å². The number of phenolic OH excluding ortho intramolecular Hbond substituents is 1. The Bertz CT molecular complexity index is 1800. The fourth-order valence-corrected chi connectivity index (χ4v) is 7.59. The van der Waals surface area contributed by atoms with Gasteiger partial charge < -0.3 is 31.5 Å². The van der Waals surface area contributed by atoms with Crippen LogP contribution in [0.4, 0.5) is 0 Å². The van der Waals surface area contributed by atoms with E-state index in [1.165, 1.54) is 4.90 Å². The van der Waals surface area contributed by atoms with E-state index in [-0.39, 0.29) is 53.5 Å². The van der Waals surface area contributed by atoms with Gasteiger partial charge in [-0.15, -0.1) is 0 Å². The first kappa shape index (κ1) is 32.5. The number of nitrogens with one attached hydrogen (secondary N) is 1. The minimum absolute atomic E-state index is 0.00583. The Hall–Kier alpha value is -4.48. The van der Waals surface area contributed by atoms with Crippen molar-refractivity contribution in [3.63, 3.8) is 0 Å². The summed E-state index contributed by atoms with van der Waals surface area (Å²) in [5.41, 5.74) is 4.84. The zero-order valence-electron chi connectivity index (χ0n) is 27.2. The van der Waals surface area contributed by atoms with Gasteiger partial charge in [-0.3, -0.25) is 24.1 Å². The summed E-state index contributed by atoms with van der Waals surface area (Å²) in [6.45, 7) is 6.27. The summed E-state index contributed by atoms with van der Waals surface area (Å²) in [6.07, 6.45) is 1.74. The van der Waals surface area contributed by atoms with Gasteiger partial charge in [0.1, 0.15) is 22.8 Å². The highest BCUT2D eigenvalue weighted by molar-refractivity contribution is 6.25. The molecule has 1 saturated carbocycles. The molecule has 248 valence electrons. The van der Waals surface area contributed by atoms with E-state index in [9.17, 15) is 39.6 Å². The van der Waals surface area contributed by atoms with E-state index in [4.69, 9.17) is 5.73 Å². The molecule has 0 heterocycles. The molecular weight excluding hydrogens is 602 g/mol. The minimum atomic E-state index is -2.72. The number of nitrogens with two attached hydrogens (primary N) is 1. The molecule has 0 spiro atoms. The van der Waals surface area contributed by atoms with Crippen LogP contribution in [0, 0.1) is 17.8 Å². The molecule has 11 nitrogen and oxygen atoms in total. The third-order valence-electron chi connectivity index (χ3n) is 10.3. The molecule has 0 aromatic heterocycles. The van der Waals surface area contributed by atoms with E-state index in [1.807, 2.05) is 24.3 Å². The Morgan fingerprint density at radius 1 is 1.06 bits per heavy atom. The van der Waals surface area contributed by atoms with E-state index >= 15 is 0 Å². The van der Waals surface area contributed by atoms with Crippen molar-refractivity contribution in [2.24, 2.45) is 23.5 Å². The van der Waals surface area contributed by atoms with Crippen molar-refractivity contribution in [1.29, 1.82) is 0 Å². The predicted octanol–water partition coefficient (Wildman–Crippen LogP) is 3.11. The number of hydrogen-bond donors (Lipinski definition) is 6. The van der Waals surface area contributed by atoms with Crippen LogP contribution in [0.5, 0.6) is 5.75 Å². The summed E-state index contributed by atoms with van der Waals surface area (Å²) < 4.78 is 0. The zero-order chi connectivity index (χ0) is 34.3. The van der Waals surface area contributed by atoms with Crippen LogP contribution in [-0.2, 0) is 32.8 Å². The number of primary amides is 1. The van der Waals surface area contributed by atoms with E-state index in [0.717, 1.165) is 24.0 Å². The number of amides is 2. The first-order chi connectivity index (χ1) is 22.0. The highest BCUT2D eigenvalue weighted by atomic mass is 16.3. The molecule has 7 N–H and O–H groups in total. The summed E-state index contributed by atoms with van der Waals surface area (Å²) in [7, 11) is 3.18. The highest BCUT2D eigenvalue weighted by Gasteiger charge is 2.63. The number of likely N-dealkylation sites (N-methyl/N-ethyl adjacent to an activating group) is 1. The number of hydrogen-bond acceptors (Lipinski definition) is 9. The van der Waals surface area contributed by atoms with Gasteiger partial charge in [0.05, 0.1) is 11.6 Å². The molecule has 4 atom stereocenters. The maximum Gasteiger partial charge on any atom is 0.255 e. The number of carbonyl (C=O) groups excluding carboxylic acids is 4. The first-order valence-corrected chi connectivity index (χ1v) is 15.9. The van der Waals surface area contributed by atoms with Crippen LogP contribution in [-0.4, -0.2) is 74.4 Å². The first-order valence-electron chi connectivity index (χ1n) is 15.9. The van der Waals surface area contributed by atoms with Crippen LogP contribution in [0.3, 0.4) is 0 Å². The molecule has 2 aromatic carbocycles. The second kappa shape index (κ2) is 11.1. The minimum Gasteiger partial charge on any atom is -0.510 e. The lowest BCUT2D eigenvalue weighted by atomic mass is 9.58. The third kappa shape index (κ3) is 5.03. The molecule has 0 bridgehead atoms. The van der Waals surface area contributed by atoms with Crippen LogP contribution < -0.4 is 11.1 Å². The number of aromatic hydroxyl groups is 1. The Kier molecular flexibility index (Phi) is 7.64. The fourth-order valence-electron chi connectivity index (χ4n) is 7.59. The van der Waals surface area contributed by atoms with E-state index in [1.54, 1.807) is 20.2 Å². The summed E-state index contributed by atoms with van der Waals surface area (Å²) in [5.74, 6) is -7.25. The molecule has 0 aliphatic heterocycles. The smallest absolute Gasteiger partial charge is 0.255 e. The molecular formula is C36H41N3O8. The average molecular weight is 644 g/mol. The molecule has 4 aliphatic rings. The molecule has 1 unspecified atom stereocenters. The van der Waals surface area contributed by atoms with E-state index in [0.29, 0.717) is 16.7 Å². The van der Waals surface area contributed by atoms with Crippen LogP contribution in [0.25, 0.3) is 11.1 Å².